The molecule has 0 saturated heterocycles. The van der Waals surface area contributed by atoms with Gasteiger partial charge in [-0.05, 0) is 37.7 Å². The van der Waals surface area contributed by atoms with Crippen LogP contribution in [-0.2, 0) is 16.0 Å². The van der Waals surface area contributed by atoms with Gasteiger partial charge < -0.3 is 14.9 Å². The third kappa shape index (κ3) is 5.78. The monoisotopic (exact) mass is 370 g/mol. The lowest BCUT2D eigenvalue weighted by Crippen LogP contribution is -2.25. The van der Waals surface area contributed by atoms with Gasteiger partial charge in [-0.3, -0.25) is 4.79 Å². The fraction of sp³-hybridized carbons (Fsp3) is 0.522. The van der Waals surface area contributed by atoms with Crippen molar-refractivity contribution in [2.45, 2.75) is 63.3 Å². The number of aryl methyl sites for hydroxylation is 1. The number of allylic oxidation sites excluding steroid dienone is 2. The Bertz CT molecular complexity index is 652. The molecule has 0 unspecified atom stereocenters. The van der Waals surface area contributed by atoms with Gasteiger partial charge in [0.05, 0.1) is 12.2 Å². The number of fused-ring (bicyclic) bond motifs is 1. The van der Waals surface area contributed by atoms with Crippen molar-refractivity contribution in [2.75, 3.05) is 0 Å². The van der Waals surface area contributed by atoms with Crippen LogP contribution in [0.4, 0.5) is 0 Å². The number of benzene rings is 1. The van der Waals surface area contributed by atoms with Crippen LogP contribution in [0.25, 0.3) is 0 Å². The van der Waals surface area contributed by atoms with E-state index >= 15 is 0 Å². The van der Waals surface area contributed by atoms with E-state index in [0.717, 1.165) is 25.7 Å². The van der Waals surface area contributed by atoms with Gasteiger partial charge in [0, 0.05) is 24.7 Å². The molecule has 1 heterocycles. The molecular formula is C23H30O4. The van der Waals surface area contributed by atoms with E-state index in [1.54, 1.807) is 6.08 Å². The van der Waals surface area contributed by atoms with Crippen molar-refractivity contribution in [1.29, 1.82) is 0 Å². The van der Waals surface area contributed by atoms with Crippen molar-refractivity contribution < 1.29 is 19.7 Å². The number of aliphatic hydroxyl groups excluding tert-OH is 2. The number of carbonyl (C=O) groups is 1. The molecule has 2 N–H and O–H groups in total. The molecule has 5 atom stereocenters. The van der Waals surface area contributed by atoms with Gasteiger partial charge in [-0.25, -0.2) is 0 Å². The fourth-order valence-corrected chi connectivity index (χ4v) is 4.09. The van der Waals surface area contributed by atoms with Crippen LogP contribution >= 0.6 is 0 Å². The quantitative estimate of drug-likeness (QED) is 0.614. The van der Waals surface area contributed by atoms with Crippen molar-refractivity contribution in [3.05, 3.63) is 60.2 Å². The first-order valence-corrected chi connectivity index (χ1v) is 10.1. The molecule has 4 nitrogen and oxygen atoms in total. The second-order valence-electron chi connectivity index (χ2n) is 7.65. The molecule has 1 fully saturated rings. The largest absolute Gasteiger partial charge is 0.462 e. The van der Waals surface area contributed by atoms with Gasteiger partial charge in [-0.2, -0.15) is 0 Å². The van der Waals surface area contributed by atoms with Crippen LogP contribution in [0.1, 0.15) is 44.1 Å². The van der Waals surface area contributed by atoms with Crippen LogP contribution in [0.3, 0.4) is 0 Å². The number of hydrogen-bond donors (Lipinski definition) is 2. The summed E-state index contributed by atoms with van der Waals surface area (Å²) in [6.07, 6.45) is 11.5. The summed E-state index contributed by atoms with van der Waals surface area (Å²) in [7, 11) is 0. The molecule has 146 valence electrons. The predicted molar refractivity (Wildman–Crippen MR) is 105 cm³/mol. The summed E-state index contributed by atoms with van der Waals surface area (Å²) in [5, 5.41) is 20.8. The summed E-state index contributed by atoms with van der Waals surface area (Å²) in [6, 6.07) is 10.1. The van der Waals surface area contributed by atoms with Gasteiger partial charge in [0.1, 0.15) is 6.10 Å². The molecular weight excluding hydrogens is 340 g/mol. The third-order valence-electron chi connectivity index (χ3n) is 5.63. The lowest BCUT2D eigenvalue weighted by molar-refractivity contribution is -0.151. The zero-order valence-corrected chi connectivity index (χ0v) is 15.7. The smallest absolute Gasteiger partial charge is 0.306 e. The Morgan fingerprint density at radius 2 is 2.04 bits per heavy atom. The zero-order valence-electron chi connectivity index (χ0n) is 15.7. The van der Waals surface area contributed by atoms with E-state index in [4.69, 9.17) is 4.74 Å². The Morgan fingerprint density at radius 1 is 1.22 bits per heavy atom. The summed E-state index contributed by atoms with van der Waals surface area (Å²) in [5.74, 6) is -0.200. The number of aliphatic hydroxyl groups is 2. The molecule has 3 rings (SSSR count). The van der Waals surface area contributed by atoms with E-state index in [1.807, 2.05) is 24.3 Å². The molecule has 2 aliphatic rings. The lowest BCUT2D eigenvalue weighted by Gasteiger charge is -2.23. The second kappa shape index (κ2) is 9.86. The minimum atomic E-state index is -0.547. The van der Waals surface area contributed by atoms with Gasteiger partial charge in [-0.1, -0.05) is 54.6 Å². The van der Waals surface area contributed by atoms with E-state index in [-0.39, 0.29) is 23.9 Å². The fourth-order valence-electron chi connectivity index (χ4n) is 4.09. The summed E-state index contributed by atoms with van der Waals surface area (Å²) in [5.41, 5.74) is 1.20. The highest BCUT2D eigenvalue weighted by Gasteiger charge is 2.42. The average Bonchev–Trinajstić information content (AvgIpc) is 2.96. The maximum atomic E-state index is 12.0. The summed E-state index contributed by atoms with van der Waals surface area (Å²) in [6.45, 7) is 0. The minimum absolute atomic E-state index is 0.0656. The second-order valence-corrected chi connectivity index (χ2v) is 7.65. The van der Waals surface area contributed by atoms with E-state index in [0.29, 0.717) is 19.3 Å². The van der Waals surface area contributed by atoms with Crippen LogP contribution < -0.4 is 0 Å². The molecule has 1 aromatic carbocycles. The van der Waals surface area contributed by atoms with Crippen molar-refractivity contribution in [3.63, 3.8) is 0 Å². The topological polar surface area (TPSA) is 66.8 Å². The Balaban J connectivity index is 1.60. The Morgan fingerprint density at radius 3 is 2.85 bits per heavy atom. The Labute approximate surface area is 161 Å². The van der Waals surface area contributed by atoms with Crippen LogP contribution in [0.5, 0.6) is 0 Å². The normalized spacial score (nSPS) is 30.1. The van der Waals surface area contributed by atoms with E-state index < -0.39 is 12.2 Å². The van der Waals surface area contributed by atoms with Crippen molar-refractivity contribution >= 4 is 5.97 Å². The first kappa shape index (κ1) is 19.8. The number of esters is 1. The van der Waals surface area contributed by atoms with Crippen molar-refractivity contribution in [2.24, 2.45) is 11.8 Å². The average molecular weight is 370 g/mol. The highest BCUT2D eigenvalue weighted by atomic mass is 16.5. The Hall–Kier alpha value is -1.91. The van der Waals surface area contributed by atoms with Gasteiger partial charge >= 0.3 is 5.97 Å². The van der Waals surface area contributed by atoms with Crippen LogP contribution in [0.2, 0.25) is 0 Å². The first-order chi connectivity index (χ1) is 13.1. The van der Waals surface area contributed by atoms with Crippen molar-refractivity contribution in [3.8, 4) is 0 Å². The van der Waals surface area contributed by atoms with E-state index in [1.165, 1.54) is 5.56 Å². The Kier molecular flexibility index (Phi) is 7.25. The molecule has 0 spiro atoms. The van der Waals surface area contributed by atoms with Crippen LogP contribution in [0.15, 0.2) is 54.6 Å². The van der Waals surface area contributed by atoms with Gasteiger partial charge in [0.2, 0.25) is 0 Å². The molecule has 0 radical (unpaired) electrons. The summed E-state index contributed by atoms with van der Waals surface area (Å²) < 4.78 is 5.63. The minimum Gasteiger partial charge on any atom is -0.462 e. The number of hydrogen-bond acceptors (Lipinski definition) is 4. The highest BCUT2D eigenvalue weighted by Crippen LogP contribution is 2.38. The number of ether oxygens (including phenoxy) is 1. The van der Waals surface area contributed by atoms with E-state index in [9.17, 15) is 15.0 Å². The molecule has 1 aromatic rings. The highest BCUT2D eigenvalue weighted by molar-refractivity contribution is 5.69. The molecule has 4 heteroatoms. The lowest BCUT2D eigenvalue weighted by atomic mass is 9.89. The summed E-state index contributed by atoms with van der Waals surface area (Å²) in [4.78, 5) is 12.0. The van der Waals surface area contributed by atoms with Gasteiger partial charge in [0.15, 0.2) is 0 Å². The third-order valence-corrected chi connectivity index (χ3v) is 5.63. The molecule has 0 bridgehead atoms. The molecule has 0 amide bonds. The zero-order chi connectivity index (χ0) is 19.1. The molecule has 27 heavy (non-hydrogen) atoms. The van der Waals surface area contributed by atoms with Crippen LogP contribution in [-0.4, -0.2) is 34.5 Å². The predicted octanol–water partition coefficient (Wildman–Crippen LogP) is 3.58. The maximum Gasteiger partial charge on any atom is 0.306 e. The van der Waals surface area contributed by atoms with Gasteiger partial charge in [-0.15, -0.1) is 0 Å². The molecule has 1 aliphatic heterocycles. The van der Waals surface area contributed by atoms with E-state index in [2.05, 4.69) is 24.3 Å². The molecule has 0 aromatic heterocycles. The standard InChI is InChI=1S/C23H30O4/c24-18(13-12-17-8-4-3-5-9-17)14-15-19-20-10-6-1-2-7-11-23(26)27-22(20)16-21(19)25/h1,3-6,8-9,14-15,18-22,24-25H,2,7,10-13,16H2/t18-,19+,20+,21+,22-/m0/s1. The maximum absolute atomic E-state index is 12.0. The SMILES string of the molecule is O=C1CCCC=CC[C@@H]2[C@@H](C=C[C@@H](O)CCc3ccccc3)[C@H](O)C[C@@H]2O1. The summed E-state index contributed by atoms with van der Waals surface area (Å²) >= 11 is 0. The van der Waals surface area contributed by atoms with Crippen LogP contribution in [0, 0.1) is 11.8 Å². The first-order valence-electron chi connectivity index (χ1n) is 10.1. The molecule has 1 aliphatic carbocycles. The van der Waals surface area contributed by atoms with Crippen molar-refractivity contribution in [1.82, 2.24) is 0 Å². The number of rotatable bonds is 5. The van der Waals surface area contributed by atoms with Gasteiger partial charge in [0.25, 0.3) is 0 Å². The number of carbonyl (C=O) groups excluding carboxylic acids is 1. The molecule has 1 saturated carbocycles.